The lowest BCUT2D eigenvalue weighted by Gasteiger charge is -2.33. The molecule has 0 radical (unpaired) electrons. The molecule has 0 spiro atoms. The van der Waals surface area contributed by atoms with Gasteiger partial charge < -0.3 is 24.2 Å². The van der Waals surface area contributed by atoms with Gasteiger partial charge in [-0.05, 0) is 68.7 Å². The van der Waals surface area contributed by atoms with Crippen LogP contribution in [0.25, 0.3) is 0 Å². The number of amides is 1. The monoisotopic (exact) mass is 481 g/mol. The van der Waals surface area contributed by atoms with Crippen molar-refractivity contribution in [3.8, 4) is 17.2 Å². The normalized spacial score (nSPS) is 16.6. The summed E-state index contributed by atoms with van der Waals surface area (Å²) in [6, 6.07) is 12.0. The highest BCUT2D eigenvalue weighted by Gasteiger charge is 2.31. The van der Waals surface area contributed by atoms with Crippen molar-refractivity contribution in [1.29, 1.82) is 0 Å². The number of rotatable bonds is 8. The Balaban J connectivity index is 1.57. The Hall–Kier alpha value is -3.43. The van der Waals surface area contributed by atoms with Crippen LogP contribution in [-0.4, -0.2) is 53.5 Å². The average molecular weight is 481 g/mol. The summed E-state index contributed by atoms with van der Waals surface area (Å²) in [5.41, 5.74) is -0.431. The number of carboxylic acids is 1. The minimum Gasteiger partial charge on any atom is -0.484 e. The highest BCUT2D eigenvalue weighted by molar-refractivity contribution is 5.78. The Kier molecular flexibility index (Phi) is 7.58. The maximum Gasteiger partial charge on any atom is 0.573 e. The van der Waals surface area contributed by atoms with E-state index in [0.29, 0.717) is 18.8 Å². The van der Waals surface area contributed by atoms with Gasteiger partial charge in [0, 0.05) is 19.0 Å². The second kappa shape index (κ2) is 10.2. The van der Waals surface area contributed by atoms with Gasteiger partial charge in [0.25, 0.3) is 5.91 Å². The van der Waals surface area contributed by atoms with E-state index in [1.807, 2.05) is 6.07 Å². The Bertz CT molecular complexity index is 1010. The molecule has 1 heterocycles. The van der Waals surface area contributed by atoms with Crippen molar-refractivity contribution >= 4 is 11.9 Å². The Labute approximate surface area is 195 Å². The number of carbonyl (C=O) groups is 2. The maximum absolute atomic E-state index is 12.7. The summed E-state index contributed by atoms with van der Waals surface area (Å²) in [5.74, 6) is -0.942. The number of hydrogen-bond acceptors (Lipinski definition) is 5. The smallest absolute Gasteiger partial charge is 0.484 e. The van der Waals surface area contributed by atoms with E-state index in [4.69, 9.17) is 9.47 Å². The first-order valence-electron chi connectivity index (χ1n) is 10.7. The molecule has 34 heavy (non-hydrogen) atoms. The van der Waals surface area contributed by atoms with E-state index >= 15 is 0 Å². The van der Waals surface area contributed by atoms with Gasteiger partial charge in [-0.3, -0.25) is 4.79 Å². The predicted octanol–water partition coefficient (Wildman–Crippen LogP) is 4.61. The summed E-state index contributed by atoms with van der Waals surface area (Å²) in [6.45, 7) is 3.73. The van der Waals surface area contributed by atoms with Crippen LogP contribution in [0.4, 0.5) is 13.2 Å². The molecule has 184 valence electrons. The summed E-state index contributed by atoms with van der Waals surface area (Å²) in [5, 5.41) is 9.28. The summed E-state index contributed by atoms with van der Waals surface area (Å²) < 4.78 is 51.6. The van der Waals surface area contributed by atoms with Crippen molar-refractivity contribution in [2.45, 2.75) is 44.6 Å². The number of carboxylic acid groups (broad SMARTS) is 1. The van der Waals surface area contributed by atoms with Crippen molar-refractivity contribution in [2.24, 2.45) is 0 Å². The minimum absolute atomic E-state index is 0.0491. The van der Waals surface area contributed by atoms with E-state index in [1.54, 1.807) is 23.1 Å². The number of aliphatic carboxylic acids is 1. The van der Waals surface area contributed by atoms with Crippen LogP contribution in [-0.2, 0) is 9.59 Å². The van der Waals surface area contributed by atoms with Gasteiger partial charge in [-0.2, -0.15) is 0 Å². The van der Waals surface area contributed by atoms with E-state index in [2.05, 4.69) is 4.74 Å². The van der Waals surface area contributed by atoms with Gasteiger partial charge in [-0.15, -0.1) is 13.2 Å². The molecule has 3 rings (SSSR count). The summed E-state index contributed by atoms with van der Waals surface area (Å²) in [6.07, 6.45) is -3.14. The lowest BCUT2D eigenvalue weighted by Crippen LogP contribution is -2.41. The topological polar surface area (TPSA) is 85.3 Å². The van der Waals surface area contributed by atoms with E-state index in [1.165, 1.54) is 26.0 Å². The molecule has 1 fully saturated rings. The zero-order valence-electron chi connectivity index (χ0n) is 18.8. The molecule has 2 aromatic carbocycles. The number of halogens is 3. The number of likely N-dealkylation sites (tertiary alicyclic amines) is 1. The zero-order chi connectivity index (χ0) is 24.9. The van der Waals surface area contributed by atoms with Crippen molar-refractivity contribution in [2.75, 3.05) is 19.7 Å². The van der Waals surface area contributed by atoms with Gasteiger partial charge in [-0.1, -0.05) is 12.1 Å². The molecule has 1 N–H and O–H groups in total. The summed E-state index contributed by atoms with van der Waals surface area (Å²) in [4.78, 5) is 25.7. The van der Waals surface area contributed by atoms with Crippen LogP contribution in [0.1, 0.15) is 38.2 Å². The lowest BCUT2D eigenvalue weighted by atomic mass is 9.90. The first kappa shape index (κ1) is 25.2. The van der Waals surface area contributed by atoms with Gasteiger partial charge in [0.1, 0.15) is 17.2 Å². The van der Waals surface area contributed by atoms with Gasteiger partial charge in [0.05, 0.1) is 0 Å². The Morgan fingerprint density at radius 1 is 1.03 bits per heavy atom. The van der Waals surface area contributed by atoms with Crippen LogP contribution in [0.5, 0.6) is 17.2 Å². The number of ether oxygens (including phenoxy) is 3. The molecule has 7 nitrogen and oxygen atoms in total. The number of piperidine rings is 1. The van der Waals surface area contributed by atoms with Crippen molar-refractivity contribution in [1.82, 2.24) is 4.90 Å². The van der Waals surface area contributed by atoms with E-state index in [-0.39, 0.29) is 29.9 Å². The van der Waals surface area contributed by atoms with Crippen molar-refractivity contribution < 1.29 is 42.1 Å². The fourth-order valence-electron chi connectivity index (χ4n) is 3.62. The van der Waals surface area contributed by atoms with Crippen LogP contribution in [0, 0.1) is 0 Å². The van der Waals surface area contributed by atoms with E-state index in [9.17, 15) is 27.9 Å². The Morgan fingerprint density at radius 3 is 2.35 bits per heavy atom. The van der Waals surface area contributed by atoms with Gasteiger partial charge in [-0.25, -0.2) is 4.79 Å². The highest BCUT2D eigenvalue weighted by atomic mass is 19.4. The summed E-state index contributed by atoms with van der Waals surface area (Å²) >= 11 is 0. The molecule has 0 unspecified atom stereocenters. The van der Waals surface area contributed by atoms with E-state index in [0.717, 1.165) is 30.5 Å². The predicted molar refractivity (Wildman–Crippen MR) is 116 cm³/mol. The van der Waals surface area contributed by atoms with Crippen LogP contribution < -0.4 is 14.2 Å². The van der Waals surface area contributed by atoms with Gasteiger partial charge >= 0.3 is 12.3 Å². The number of carbonyl (C=O) groups excluding carboxylic acids is 1. The third-order valence-corrected chi connectivity index (χ3v) is 5.41. The number of hydrogen-bond donors (Lipinski definition) is 1. The van der Waals surface area contributed by atoms with Crippen LogP contribution >= 0.6 is 0 Å². The molecular weight excluding hydrogens is 455 g/mol. The van der Waals surface area contributed by atoms with Crippen LogP contribution in [0.15, 0.2) is 48.5 Å². The van der Waals surface area contributed by atoms with Crippen LogP contribution in [0.2, 0.25) is 0 Å². The quantitative estimate of drug-likeness (QED) is 0.593. The molecule has 10 heteroatoms. The van der Waals surface area contributed by atoms with Crippen molar-refractivity contribution in [3.63, 3.8) is 0 Å². The lowest BCUT2D eigenvalue weighted by molar-refractivity contribution is -0.274. The maximum atomic E-state index is 12.7. The number of nitrogens with zero attached hydrogens (tertiary/aromatic N) is 1. The molecule has 2 aromatic rings. The Morgan fingerprint density at radius 2 is 1.71 bits per heavy atom. The van der Waals surface area contributed by atoms with Gasteiger partial charge in [0.15, 0.2) is 12.2 Å². The largest absolute Gasteiger partial charge is 0.573 e. The SMILES string of the molecule is CC(C)(Oc1cccc([C@@H]2CCCN(C(=O)COc3ccc(OC(F)(F)F)cc3)C2)c1)C(=O)O. The first-order chi connectivity index (χ1) is 15.9. The molecule has 0 aliphatic carbocycles. The first-order valence-corrected chi connectivity index (χ1v) is 10.7. The fourth-order valence-corrected chi connectivity index (χ4v) is 3.62. The zero-order valence-corrected chi connectivity index (χ0v) is 18.8. The molecule has 1 aliphatic rings. The molecule has 1 amide bonds. The molecule has 0 aromatic heterocycles. The number of alkyl halides is 3. The standard InChI is InChI=1S/C24H26F3NO6/c1-23(2,22(30)31)33-20-7-3-5-16(13-20)17-6-4-12-28(14-17)21(29)15-32-18-8-10-19(11-9-18)34-24(25,26)27/h3,5,7-11,13,17H,4,6,12,14-15H2,1-2H3,(H,30,31)/t17-/m1/s1. The van der Waals surface area contributed by atoms with Crippen molar-refractivity contribution in [3.05, 3.63) is 54.1 Å². The highest BCUT2D eigenvalue weighted by Crippen LogP contribution is 2.30. The second-order valence-corrected chi connectivity index (χ2v) is 8.48. The fraction of sp³-hybridized carbons (Fsp3) is 0.417. The van der Waals surface area contributed by atoms with Crippen LogP contribution in [0.3, 0.4) is 0 Å². The third-order valence-electron chi connectivity index (χ3n) is 5.41. The molecule has 0 bridgehead atoms. The summed E-state index contributed by atoms with van der Waals surface area (Å²) in [7, 11) is 0. The van der Waals surface area contributed by atoms with E-state index < -0.39 is 17.9 Å². The third kappa shape index (κ3) is 7.03. The molecule has 0 saturated carbocycles. The second-order valence-electron chi connectivity index (χ2n) is 8.48. The minimum atomic E-state index is -4.78. The molecule has 1 atom stereocenters. The molecular formula is C24H26F3NO6. The molecule has 1 saturated heterocycles. The average Bonchev–Trinajstić information content (AvgIpc) is 2.77. The van der Waals surface area contributed by atoms with Gasteiger partial charge in [0.2, 0.25) is 0 Å². The molecule has 1 aliphatic heterocycles. The number of benzene rings is 2.